The number of fused-ring (bicyclic) bond motifs is 2. The zero-order valence-electron chi connectivity index (χ0n) is 18.1. The molecule has 0 aliphatic heterocycles. The summed E-state index contributed by atoms with van der Waals surface area (Å²) in [5, 5.41) is 25.7. The van der Waals surface area contributed by atoms with Crippen molar-refractivity contribution in [3.8, 4) is 0 Å². The minimum atomic E-state index is -0.897. The van der Waals surface area contributed by atoms with E-state index in [-0.39, 0.29) is 23.8 Å². The number of nitrogens with zero attached hydrogens (tertiary/aromatic N) is 5. The molecule has 1 aliphatic rings. The van der Waals surface area contributed by atoms with Crippen LogP contribution >= 0.6 is 0 Å². The number of nitrogen functional groups attached to an aromatic ring is 1. The number of hydrogen-bond donors (Lipinski definition) is 4. The molecule has 3 heterocycles. The van der Waals surface area contributed by atoms with Crippen LogP contribution in [0.15, 0.2) is 43.0 Å². The van der Waals surface area contributed by atoms with Crippen molar-refractivity contribution in [2.75, 3.05) is 11.1 Å². The number of aliphatic hydroxyl groups excluding tert-OH is 2. The van der Waals surface area contributed by atoms with E-state index in [0.717, 1.165) is 28.3 Å². The molecule has 0 saturated heterocycles. The molecule has 0 bridgehead atoms. The van der Waals surface area contributed by atoms with Gasteiger partial charge in [0.25, 0.3) is 0 Å². The Hall–Kier alpha value is -3.63. The fourth-order valence-electron chi connectivity index (χ4n) is 4.71. The molecule has 5 rings (SSSR count). The van der Waals surface area contributed by atoms with E-state index in [9.17, 15) is 15.0 Å². The zero-order valence-corrected chi connectivity index (χ0v) is 18.1. The Kier molecular flexibility index (Phi) is 5.39. The molecule has 5 N–H and O–H groups in total. The number of carbonyl (C=O) groups excluding carboxylic acids is 1. The highest BCUT2D eigenvalue weighted by Crippen LogP contribution is 2.39. The number of hydrogen-bond acceptors (Lipinski definition) is 8. The maximum absolute atomic E-state index is 11.3. The quantitative estimate of drug-likeness (QED) is 0.362. The molecule has 170 valence electrons. The number of anilines is 2. The number of nitrogens with two attached hydrogens (primary N) is 1. The van der Waals surface area contributed by atoms with E-state index >= 15 is 0 Å². The third-order valence-corrected chi connectivity index (χ3v) is 6.41. The second kappa shape index (κ2) is 8.38. The lowest BCUT2D eigenvalue weighted by molar-refractivity contribution is -0.114. The van der Waals surface area contributed by atoms with Crippen LogP contribution in [0.3, 0.4) is 0 Å². The molecular weight excluding hydrogens is 422 g/mol. The van der Waals surface area contributed by atoms with E-state index in [0.29, 0.717) is 24.3 Å². The van der Waals surface area contributed by atoms with Crippen molar-refractivity contribution in [3.63, 3.8) is 0 Å². The Morgan fingerprint density at radius 1 is 1.21 bits per heavy atom. The van der Waals surface area contributed by atoms with E-state index in [4.69, 9.17) is 5.73 Å². The molecule has 1 saturated carbocycles. The van der Waals surface area contributed by atoms with Crippen LogP contribution in [0.4, 0.5) is 11.8 Å². The predicted octanol–water partition coefficient (Wildman–Crippen LogP) is 1.83. The van der Waals surface area contributed by atoms with Crippen molar-refractivity contribution < 1.29 is 15.0 Å². The summed E-state index contributed by atoms with van der Waals surface area (Å²) in [6.45, 7) is 1.41. The second-order valence-corrected chi connectivity index (χ2v) is 8.57. The predicted molar refractivity (Wildman–Crippen MR) is 123 cm³/mol. The van der Waals surface area contributed by atoms with Gasteiger partial charge in [0.05, 0.1) is 23.0 Å². The van der Waals surface area contributed by atoms with E-state index < -0.39 is 12.2 Å². The van der Waals surface area contributed by atoms with Crippen molar-refractivity contribution in [2.45, 2.75) is 44.4 Å². The van der Waals surface area contributed by atoms with Gasteiger partial charge in [-0.3, -0.25) is 10.1 Å². The third-order valence-electron chi connectivity index (χ3n) is 6.41. The molecular formula is C23H25N7O3. The summed E-state index contributed by atoms with van der Waals surface area (Å²) in [4.78, 5) is 28.2. The number of aliphatic hydroxyl groups is 2. The number of aromatic nitrogens is 5. The third kappa shape index (κ3) is 3.98. The summed E-state index contributed by atoms with van der Waals surface area (Å²) in [5.74, 6) is 0.369. The molecule has 1 aliphatic carbocycles. The van der Waals surface area contributed by atoms with Crippen molar-refractivity contribution in [2.24, 2.45) is 5.92 Å². The van der Waals surface area contributed by atoms with E-state index in [1.807, 2.05) is 35.0 Å². The molecule has 1 fully saturated rings. The van der Waals surface area contributed by atoms with Crippen LogP contribution in [0, 0.1) is 5.92 Å². The number of nitrogens with one attached hydrogen (secondary N) is 1. The smallest absolute Gasteiger partial charge is 0.229 e. The highest BCUT2D eigenvalue weighted by atomic mass is 16.3. The number of aryl methyl sites for hydroxylation is 1. The van der Waals surface area contributed by atoms with Crippen molar-refractivity contribution in [1.29, 1.82) is 0 Å². The first-order chi connectivity index (χ1) is 15.9. The van der Waals surface area contributed by atoms with E-state index in [1.165, 1.54) is 13.3 Å². The molecule has 4 atom stereocenters. The van der Waals surface area contributed by atoms with Crippen LogP contribution in [-0.2, 0) is 11.2 Å². The molecule has 10 heteroatoms. The van der Waals surface area contributed by atoms with E-state index in [1.54, 1.807) is 6.20 Å². The number of benzene rings is 1. The highest BCUT2D eigenvalue weighted by Gasteiger charge is 2.42. The fourth-order valence-corrected chi connectivity index (χ4v) is 4.71. The first kappa shape index (κ1) is 21.2. The lowest BCUT2D eigenvalue weighted by atomic mass is 9.95. The Labute approximate surface area is 189 Å². The summed E-state index contributed by atoms with van der Waals surface area (Å²) >= 11 is 0. The van der Waals surface area contributed by atoms with Gasteiger partial charge in [-0.15, -0.1) is 0 Å². The summed E-state index contributed by atoms with van der Waals surface area (Å²) in [6, 6.07) is 7.47. The van der Waals surface area contributed by atoms with Gasteiger partial charge in [0, 0.05) is 24.7 Å². The molecule has 4 aromatic rings. The van der Waals surface area contributed by atoms with Crippen LogP contribution < -0.4 is 11.1 Å². The molecule has 1 aromatic carbocycles. The molecule has 1 amide bonds. The molecule has 0 radical (unpaired) electrons. The van der Waals surface area contributed by atoms with Gasteiger partial charge in [0.15, 0.2) is 0 Å². The summed E-state index contributed by atoms with van der Waals surface area (Å²) in [5.41, 5.74) is 8.40. The SMILES string of the molecule is CC(=O)Nc1ncc2ccc(CC[C@H]3C[C@@H](n4ccc5c(N)ncnc54)[C@H](O)[C@@H]3O)cc2n1. The molecule has 3 aromatic heterocycles. The zero-order chi connectivity index (χ0) is 23.1. The van der Waals surface area contributed by atoms with Crippen molar-refractivity contribution in [3.05, 3.63) is 48.5 Å². The average Bonchev–Trinajstić information content (AvgIpc) is 3.34. The van der Waals surface area contributed by atoms with Gasteiger partial charge in [-0.05, 0) is 42.9 Å². The number of carbonyl (C=O) groups is 1. The van der Waals surface area contributed by atoms with Crippen LogP contribution in [0.5, 0.6) is 0 Å². The molecule has 10 nitrogen and oxygen atoms in total. The van der Waals surface area contributed by atoms with Gasteiger partial charge in [0.2, 0.25) is 11.9 Å². The van der Waals surface area contributed by atoms with E-state index in [2.05, 4.69) is 25.3 Å². The van der Waals surface area contributed by atoms with Gasteiger partial charge in [-0.25, -0.2) is 19.9 Å². The van der Waals surface area contributed by atoms with Crippen molar-refractivity contribution in [1.82, 2.24) is 24.5 Å². The van der Waals surface area contributed by atoms with Gasteiger partial charge < -0.3 is 20.5 Å². The van der Waals surface area contributed by atoms with Crippen LogP contribution in [-0.4, -0.2) is 52.8 Å². The summed E-state index contributed by atoms with van der Waals surface area (Å²) in [7, 11) is 0. The fraction of sp³-hybridized carbons (Fsp3) is 0.348. The Morgan fingerprint density at radius 2 is 2.06 bits per heavy atom. The summed E-state index contributed by atoms with van der Waals surface area (Å²) < 4.78 is 1.89. The largest absolute Gasteiger partial charge is 0.390 e. The van der Waals surface area contributed by atoms with Gasteiger partial charge >= 0.3 is 0 Å². The average molecular weight is 447 g/mol. The first-order valence-corrected chi connectivity index (χ1v) is 10.9. The number of rotatable bonds is 5. The van der Waals surface area contributed by atoms with Crippen LogP contribution in [0.2, 0.25) is 0 Å². The van der Waals surface area contributed by atoms with Crippen molar-refractivity contribution >= 4 is 39.6 Å². The Balaban J connectivity index is 1.32. The Bertz CT molecular complexity index is 1340. The number of amides is 1. The minimum absolute atomic E-state index is 0.0716. The maximum atomic E-state index is 11.3. The Morgan fingerprint density at radius 3 is 2.88 bits per heavy atom. The molecule has 0 spiro atoms. The molecule has 0 unspecified atom stereocenters. The second-order valence-electron chi connectivity index (χ2n) is 8.57. The first-order valence-electron chi connectivity index (χ1n) is 10.9. The normalized spacial score (nSPS) is 22.8. The monoisotopic (exact) mass is 447 g/mol. The minimum Gasteiger partial charge on any atom is -0.390 e. The van der Waals surface area contributed by atoms with Gasteiger partial charge in [0.1, 0.15) is 23.9 Å². The van der Waals surface area contributed by atoms with Gasteiger partial charge in [-0.2, -0.15) is 0 Å². The highest BCUT2D eigenvalue weighted by molar-refractivity contribution is 5.88. The standard InChI is InChI=1S/C23H25N7O3/c1-12(31)28-23-25-10-15-5-3-13(8-17(15)29-23)2-4-14-9-18(20(33)19(14)32)30-7-6-16-21(24)26-11-27-22(16)30/h3,5-8,10-11,14,18-20,32-33H,2,4,9H2,1H3,(H2,24,26,27)(H,25,28,29,31)/t14-,18+,19+,20-/m0/s1. The molecule has 33 heavy (non-hydrogen) atoms. The topological polar surface area (TPSA) is 152 Å². The maximum Gasteiger partial charge on any atom is 0.229 e. The lowest BCUT2D eigenvalue weighted by Gasteiger charge is -2.19. The van der Waals surface area contributed by atoms with Crippen LogP contribution in [0.1, 0.15) is 31.4 Å². The van der Waals surface area contributed by atoms with Crippen LogP contribution in [0.25, 0.3) is 21.9 Å². The lowest BCUT2D eigenvalue weighted by Crippen LogP contribution is -2.29. The van der Waals surface area contributed by atoms with Gasteiger partial charge in [-0.1, -0.05) is 12.1 Å². The summed E-state index contributed by atoms with van der Waals surface area (Å²) in [6.07, 6.45) is 5.25.